The lowest BCUT2D eigenvalue weighted by Crippen LogP contribution is -2.19. The molecule has 0 aliphatic heterocycles. The molecule has 0 saturated heterocycles. The molecule has 0 saturated carbocycles. The van der Waals surface area contributed by atoms with Gasteiger partial charge in [-0.2, -0.15) is 0 Å². The standard InChI is InChI=1S/C13H16F2N4O/c1-9(12-6-10(14)2-3-13(12)15)16-7-11-8-19(4-5-20)18-17-11/h2-3,6,8-9,16,20H,4-5,7H2,1H3. The molecule has 2 aromatic rings. The van der Waals surface area contributed by atoms with Crippen molar-refractivity contribution in [2.45, 2.75) is 26.1 Å². The van der Waals surface area contributed by atoms with E-state index in [9.17, 15) is 8.78 Å². The molecule has 2 N–H and O–H groups in total. The number of nitrogens with zero attached hydrogens (tertiary/aromatic N) is 3. The van der Waals surface area contributed by atoms with Crippen molar-refractivity contribution < 1.29 is 13.9 Å². The lowest BCUT2D eigenvalue weighted by atomic mass is 10.1. The highest BCUT2D eigenvalue weighted by atomic mass is 19.1. The number of hydrogen-bond acceptors (Lipinski definition) is 4. The van der Waals surface area contributed by atoms with Crippen LogP contribution in [0.5, 0.6) is 0 Å². The third kappa shape index (κ3) is 3.58. The Hall–Kier alpha value is -1.86. The number of aromatic nitrogens is 3. The molecule has 2 rings (SSSR count). The number of nitrogens with one attached hydrogen (secondary N) is 1. The Morgan fingerprint density at radius 1 is 1.40 bits per heavy atom. The fraction of sp³-hybridized carbons (Fsp3) is 0.385. The molecule has 0 radical (unpaired) electrons. The molecule has 0 bridgehead atoms. The van der Waals surface area contributed by atoms with E-state index in [1.807, 2.05) is 0 Å². The molecule has 108 valence electrons. The Morgan fingerprint density at radius 2 is 2.20 bits per heavy atom. The Labute approximate surface area is 115 Å². The van der Waals surface area contributed by atoms with Crippen molar-refractivity contribution in [1.82, 2.24) is 20.3 Å². The van der Waals surface area contributed by atoms with Crippen LogP contribution >= 0.6 is 0 Å². The van der Waals surface area contributed by atoms with Crippen molar-refractivity contribution in [2.24, 2.45) is 0 Å². The van der Waals surface area contributed by atoms with Gasteiger partial charge in [0.1, 0.15) is 11.6 Å². The average Bonchev–Trinajstić information content (AvgIpc) is 2.87. The topological polar surface area (TPSA) is 63.0 Å². The molecule has 5 nitrogen and oxygen atoms in total. The molecule has 1 heterocycles. The van der Waals surface area contributed by atoms with Gasteiger partial charge in [-0.1, -0.05) is 5.21 Å². The van der Waals surface area contributed by atoms with E-state index in [-0.39, 0.29) is 18.2 Å². The second-order valence-corrected chi connectivity index (χ2v) is 4.46. The van der Waals surface area contributed by atoms with Crippen LogP contribution in [0.15, 0.2) is 24.4 Å². The zero-order valence-corrected chi connectivity index (χ0v) is 11.1. The summed E-state index contributed by atoms with van der Waals surface area (Å²) in [5.41, 5.74) is 0.940. The fourth-order valence-corrected chi connectivity index (χ4v) is 1.85. The summed E-state index contributed by atoms with van der Waals surface area (Å²) in [6.45, 7) is 2.49. The molecule has 7 heteroatoms. The van der Waals surface area contributed by atoms with Crippen molar-refractivity contribution in [1.29, 1.82) is 0 Å². The van der Waals surface area contributed by atoms with Crippen LogP contribution in [-0.2, 0) is 13.1 Å². The predicted octanol–water partition coefficient (Wildman–Crippen LogP) is 1.40. The maximum absolute atomic E-state index is 13.6. The van der Waals surface area contributed by atoms with Crippen LogP contribution in [0.2, 0.25) is 0 Å². The molecule has 0 aliphatic carbocycles. The molecular weight excluding hydrogens is 266 g/mol. The predicted molar refractivity (Wildman–Crippen MR) is 68.7 cm³/mol. The van der Waals surface area contributed by atoms with Crippen LogP contribution in [0.4, 0.5) is 8.78 Å². The molecule has 1 aromatic heterocycles. The van der Waals surface area contributed by atoms with Gasteiger partial charge in [-0.15, -0.1) is 5.10 Å². The fourth-order valence-electron chi connectivity index (χ4n) is 1.85. The van der Waals surface area contributed by atoms with Crippen molar-refractivity contribution in [2.75, 3.05) is 6.61 Å². The van der Waals surface area contributed by atoms with Crippen LogP contribution in [0.1, 0.15) is 24.2 Å². The van der Waals surface area contributed by atoms with Crippen LogP contribution < -0.4 is 5.32 Å². The molecule has 1 atom stereocenters. The lowest BCUT2D eigenvalue weighted by molar-refractivity contribution is 0.268. The van der Waals surface area contributed by atoms with Gasteiger partial charge in [0.25, 0.3) is 0 Å². The van der Waals surface area contributed by atoms with Crippen LogP contribution in [0.25, 0.3) is 0 Å². The van der Waals surface area contributed by atoms with Gasteiger partial charge in [0.2, 0.25) is 0 Å². The van der Waals surface area contributed by atoms with Gasteiger partial charge in [-0.05, 0) is 25.1 Å². The summed E-state index contributed by atoms with van der Waals surface area (Å²) in [5, 5.41) is 19.6. The molecule has 0 amide bonds. The van der Waals surface area contributed by atoms with Gasteiger partial charge in [-0.25, -0.2) is 13.5 Å². The number of halogens is 2. The first-order chi connectivity index (χ1) is 9.60. The first kappa shape index (κ1) is 14.5. The van der Waals surface area contributed by atoms with E-state index in [1.165, 1.54) is 10.7 Å². The van der Waals surface area contributed by atoms with E-state index in [0.29, 0.717) is 18.8 Å². The maximum atomic E-state index is 13.6. The van der Waals surface area contributed by atoms with E-state index < -0.39 is 11.6 Å². The van der Waals surface area contributed by atoms with Crippen molar-refractivity contribution in [3.05, 3.63) is 47.3 Å². The van der Waals surface area contributed by atoms with Crippen LogP contribution in [0.3, 0.4) is 0 Å². The molecule has 0 spiro atoms. The summed E-state index contributed by atoms with van der Waals surface area (Å²) >= 11 is 0. The van der Waals surface area contributed by atoms with Gasteiger partial charge in [0, 0.05) is 24.3 Å². The first-order valence-electron chi connectivity index (χ1n) is 6.28. The summed E-state index contributed by atoms with van der Waals surface area (Å²) in [6.07, 6.45) is 1.69. The highest BCUT2D eigenvalue weighted by molar-refractivity contribution is 5.21. The zero-order valence-electron chi connectivity index (χ0n) is 11.1. The Kier molecular flexibility index (Phi) is 4.75. The van der Waals surface area contributed by atoms with E-state index in [1.54, 1.807) is 13.1 Å². The largest absolute Gasteiger partial charge is 0.394 e. The summed E-state index contributed by atoms with van der Waals surface area (Å²) < 4.78 is 28.2. The van der Waals surface area contributed by atoms with Gasteiger partial charge in [0.05, 0.1) is 18.8 Å². The normalized spacial score (nSPS) is 12.6. The van der Waals surface area contributed by atoms with Gasteiger partial charge in [-0.3, -0.25) is 0 Å². The second kappa shape index (κ2) is 6.53. The summed E-state index contributed by atoms with van der Waals surface area (Å²) in [4.78, 5) is 0. The monoisotopic (exact) mass is 282 g/mol. The molecular formula is C13H16F2N4O. The molecule has 1 unspecified atom stereocenters. The SMILES string of the molecule is CC(NCc1cn(CCO)nn1)c1cc(F)ccc1F. The minimum Gasteiger partial charge on any atom is -0.394 e. The summed E-state index contributed by atoms with van der Waals surface area (Å²) in [6, 6.07) is 3.02. The summed E-state index contributed by atoms with van der Waals surface area (Å²) in [5.74, 6) is -0.917. The van der Waals surface area contributed by atoms with Gasteiger partial charge in [0.15, 0.2) is 0 Å². The highest BCUT2D eigenvalue weighted by Gasteiger charge is 2.12. The van der Waals surface area contributed by atoms with Crippen molar-refractivity contribution in [3.63, 3.8) is 0 Å². The van der Waals surface area contributed by atoms with Crippen LogP contribution in [0, 0.1) is 11.6 Å². The Morgan fingerprint density at radius 3 is 2.95 bits per heavy atom. The smallest absolute Gasteiger partial charge is 0.128 e. The maximum Gasteiger partial charge on any atom is 0.128 e. The number of aliphatic hydroxyl groups excluding tert-OH is 1. The first-order valence-corrected chi connectivity index (χ1v) is 6.28. The average molecular weight is 282 g/mol. The Bertz CT molecular complexity index is 573. The second-order valence-electron chi connectivity index (χ2n) is 4.46. The summed E-state index contributed by atoms with van der Waals surface area (Å²) in [7, 11) is 0. The van der Waals surface area contributed by atoms with Gasteiger partial charge >= 0.3 is 0 Å². The number of benzene rings is 1. The quantitative estimate of drug-likeness (QED) is 0.840. The number of rotatable bonds is 6. The number of hydrogen-bond donors (Lipinski definition) is 2. The third-order valence-corrected chi connectivity index (χ3v) is 2.93. The van der Waals surface area contributed by atoms with Crippen molar-refractivity contribution >= 4 is 0 Å². The van der Waals surface area contributed by atoms with Gasteiger partial charge < -0.3 is 10.4 Å². The minimum atomic E-state index is -0.469. The third-order valence-electron chi connectivity index (χ3n) is 2.93. The molecule has 20 heavy (non-hydrogen) atoms. The lowest BCUT2D eigenvalue weighted by Gasteiger charge is -2.14. The van der Waals surface area contributed by atoms with E-state index in [2.05, 4.69) is 15.6 Å². The Balaban J connectivity index is 1.97. The van der Waals surface area contributed by atoms with E-state index in [0.717, 1.165) is 12.1 Å². The van der Waals surface area contributed by atoms with Crippen LogP contribution in [-0.4, -0.2) is 26.7 Å². The molecule has 0 fully saturated rings. The zero-order chi connectivity index (χ0) is 14.5. The van der Waals surface area contributed by atoms with E-state index in [4.69, 9.17) is 5.11 Å². The highest BCUT2D eigenvalue weighted by Crippen LogP contribution is 2.18. The van der Waals surface area contributed by atoms with E-state index >= 15 is 0 Å². The van der Waals surface area contributed by atoms with Crippen molar-refractivity contribution in [3.8, 4) is 0 Å². The molecule has 1 aromatic carbocycles. The molecule has 0 aliphatic rings. The number of aliphatic hydroxyl groups is 1. The minimum absolute atomic E-state index is 0.0128.